The van der Waals surface area contributed by atoms with E-state index in [1.165, 1.54) is 12.8 Å². The van der Waals surface area contributed by atoms with Crippen LogP contribution in [0.3, 0.4) is 0 Å². The third-order valence-electron chi connectivity index (χ3n) is 3.61. The highest BCUT2D eigenvalue weighted by Crippen LogP contribution is 2.17. The standard InChI is InChI=1S/C13H25N5O/c1-13(2,14)12-15-11(19-16-12)9-18-7-5-6-10(8-18)17(3)4/h10H,5-9,14H2,1-4H3. The molecule has 0 aliphatic carbocycles. The van der Waals surface area contributed by atoms with E-state index in [-0.39, 0.29) is 0 Å². The summed E-state index contributed by atoms with van der Waals surface area (Å²) < 4.78 is 5.29. The zero-order chi connectivity index (χ0) is 14.0. The van der Waals surface area contributed by atoms with Crippen LogP contribution in [-0.2, 0) is 12.1 Å². The molecule has 19 heavy (non-hydrogen) atoms. The van der Waals surface area contributed by atoms with Crippen LogP contribution in [0.2, 0.25) is 0 Å². The average molecular weight is 267 g/mol. The van der Waals surface area contributed by atoms with Gasteiger partial charge in [-0.2, -0.15) is 4.98 Å². The van der Waals surface area contributed by atoms with Crippen LogP contribution in [0.15, 0.2) is 4.52 Å². The van der Waals surface area contributed by atoms with Crippen molar-refractivity contribution in [1.29, 1.82) is 0 Å². The highest BCUT2D eigenvalue weighted by Gasteiger charge is 2.25. The summed E-state index contributed by atoms with van der Waals surface area (Å²) in [4.78, 5) is 9.04. The predicted molar refractivity (Wildman–Crippen MR) is 73.5 cm³/mol. The van der Waals surface area contributed by atoms with Crippen molar-refractivity contribution in [3.05, 3.63) is 11.7 Å². The Balaban J connectivity index is 1.95. The van der Waals surface area contributed by atoms with Crippen LogP contribution in [0.25, 0.3) is 0 Å². The van der Waals surface area contributed by atoms with Gasteiger partial charge in [-0.05, 0) is 47.3 Å². The van der Waals surface area contributed by atoms with Crippen molar-refractivity contribution in [3.8, 4) is 0 Å². The van der Waals surface area contributed by atoms with Crippen molar-refractivity contribution < 1.29 is 4.52 Å². The zero-order valence-corrected chi connectivity index (χ0v) is 12.4. The van der Waals surface area contributed by atoms with Crippen LogP contribution in [0.5, 0.6) is 0 Å². The Morgan fingerprint density at radius 2 is 2.21 bits per heavy atom. The van der Waals surface area contributed by atoms with Gasteiger partial charge in [0.2, 0.25) is 5.89 Å². The molecule has 1 aliphatic heterocycles. The van der Waals surface area contributed by atoms with E-state index in [2.05, 4.69) is 34.0 Å². The van der Waals surface area contributed by atoms with E-state index in [0.29, 0.717) is 24.3 Å². The molecule has 1 atom stereocenters. The molecule has 1 fully saturated rings. The highest BCUT2D eigenvalue weighted by molar-refractivity contribution is 4.99. The van der Waals surface area contributed by atoms with E-state index in [1.54, 1.807) is 0 Å². The summed E-state index contributed by atoms with van der Waals surface area (Å²) in [7, 11) is 4.27. The van der Waals surface area contributed by atoms with Gasteiger partial charge in [0, 0.05) is 12.6 Å². The molecule has 2 N–H and O–H groups in total. The Morgan fingerprint density at radius 1 is 1.47 bits per heavy atom. The average Bonchev–Trinajstić information content (AvgIpc) is 2.77. The SMILES string of the molecule is CN(C)C1CCCN(Cc2nc(C(C)(C)N)no2)C1. The van der Waals surface area contributed by atoms with E-state index >= 15 is 0 Å². The van der Waals surface area contributed by atoms with Crippen LogP contribution >= 0.6 is 0 Å². The Bertz CT molecular complexity index is 409. The van der Waals surface area contributed by atoms with Crippen molar-refractivity contribution in [2.24, 2.45) is 5.73 Å². The van der Waals surface area contributed by atoms with Crippen LogP contribution < -0.4 is 5.73 Å². The van der Waals surface area contributed by atoms with E-state index in [1.807, 2.05) is 13.8 Å². The van der Waals surface area contributed by atoms with Crippen molar-refractivity contribution in [2.45, 2.75) is 44.8 Å². The number of hydrogen-bond acceptors (Lipinski definition) is 6. The minimum atomic E-state index is -0.546. The van der Waals surface area contributed by atoms with Gasteiger partial charge >= 0.3 is 0 Å². The normalized spacial score (nSPS) is 22.1. The predicted octanol–water partition coefficient (Wildman–Crippen LogP) is 0.789. The quantitative estimate of drug-likeness (QED) is 0.869. The Morgan fingerprint density at radius 3 is 2.79 bits per heavy atom. The van der Waals surface area contributed by atoms with Gasteiger partial charge in [-0.25, -0.2) is 0 Å². The summed E-state index contributed by atoms with van der Waals surface area (Å²) in [6.07, 6.45) is 2.47. The second-order valence-electron chi connectivity index (χ2n) is 6.23. The number of aromatic nitrogens is 2. The van der Waals surface area contributed by atoms with E-state index < -0.39 is 5.54 Å². The Labute approximate surface area is 114 Å². The summed E-state index contributed by atoms with van der Waals surface area (Å²) >= 11 is 0. The fourth-order valence-corrected chi connectivity index (χ4v) is 2.37. The number of likely N-dealkylation sites (N-methyl/N-ethyl adjacent to an activating group) is 1. The van der Waals surface area contributed by atoms with Crippen molar-refractivity contribution in [1.82, 2.24) is 19.9 Å². The first-order valence-electron chi connectivity index (χ1n) is 6.87. The van der Waals surface area contributed by atoms with E-state index in [0.717, 1.165) is 13.1 Å². The van der Waals surface area contributed by atoms with Crippen LogP contribution in [0, 0.1) is 0 Å². The molecular formula is C13H25N5O. The molecule has 0 spiro atoms. The molecule has 0 saturated carbocycles. The molecule has 1 saturated heterocycles. The first-order valence-corrected chi connectivity index (χ1v) is 6.87. The van der Waals surface area contributed by atoms with Gasteiger partial charge in [0.05, 0.1) is 12.1 Å². The molecule has 1 aromatic heterocycles. The third kappa shape index (κ3) is 3.75. The minimum Gasteiger partial charge on any atom is -0.338 e. The van der Waals surface area contributed by atoms with Crippen LogP contribution in [0.1, 0.15) is 38.4 Å². The van der Waals surface area contributed by atoms with Crippen LogP contribution in [-0.4, -0.2) is 53.2 Å². The number of piperidine rings is 1. The van der Waals surface area contributed by atoms with Gasteiger partial charge in [0.25, 0.3) is 0 Å². The third-order valence-corrected chi connectivity index (χ3v) is 3.61. The highest BCUT2D eigenvalue weighted by atomic mass is 16.5. The molecule has 0 amide bonds. The summed E-state index contributed by atoms with van der Waals surface area (Å²) in [6, 6.07) is 0.613. The molecule has 108 valence electrons. The fraction of sp³-hybridized carbons (Fsp3) is 0.846. The fourth-order valence-electron chi connectivity index (χ4n) is 2.37. The lowest BCUT2D eigenvalue weighted by molar-refractivity contribution is 0.117. The molecule has 2 rings (SSSR count). The maximum atomic E-state index is 5.96. The first-order chi connectivity index (χ1) is 8.86. The number of hydrogen-bond donors (Lipinski definition) is 1. The van der Waals surface area contributed by atoms with Gasteiger partial charge in [0.15, 0.2) is 5.82 Å². The summed E-state index contributed by atoms with van der Waals surface area (Å²) in [5, 5.41) is 3.96. The minimum absolute atomic E-state index is 0.546. The Kier molecular flexibility index (Phi) is 4.23. The van der Waals surface area contributed by atoms with E-state index in [4.69, 9.17) is 10.3 Å². The maximum absolute atomic E-state index is 5.96. The summed E-state index contributed by atoms with van der Waals surface area (Å²) in [5.74, 6) is 1.23. The van der Waals surface area contributed by atoms with Crippen LogP contribution in [0.4, 0.5) is 0 Å². The topological polar surface area (TPSA) is 71.4 Å². The number of rotatable bonds is 4. The summed E-state index contributed by atoms with van der Waals surface area (Å²) in [6.45, 7) is 6.62. The number of nitrogens with zero attached hydrogens (tertiary/aromatic N) is 4. The molecule has 1 unspecified atom stereocenters. The molecular weight excluding hydrogens is 242 g/mol. The molecule has 0 aromatic carbocycles. The van der Waals surface area contributed by atoms with E-state index in [9.17, 15) is 0 Å². The van der Waals surface area contributed by atoms with Gasteiger partial charge in [-0.15, -0.1) is 0 Å². The smallest absolute Gasteiger partial charge is 0.240 e. The lowest BCUT2D eigenvalue weighted by Gasteiger charge is -2.35. The molecule has 6 heteroatoms. The first kappa shape index (κ1) is 14.4. The molecule has 1 aromatic rings. The number of likely N-dealkylation sites (tertiary alicyclic amines) is 1. The summed E-state index contributed by atoms with van der Waals surface area (Å²) in [5.41, 5.74) is 5.41. The van der Waals surface area contributed by atoms with Gasteiger partial charge in [-0.3, -0.25) is 4.90 Å². The van der Waals surface area contributed by atoms with Crippen molar-refractivity contribution in [3.63, 3.8) is 0 Å². The number of nitrogens with two attached hydrogens (primary N) is 1. The molecule has 0 radical (unpaired) electrons. The second kappa shape index (κ2) is 5.56. The second-order valence-corrected chi connectivity index (χ2v) is 6.23. The van der Waals surface area contributed by atoms with Gasteiger partial charge in [0.1, 0.15) is 0 Å². The molecule has 0 bridgehead atoms. The van der Waals surface area contributed by atoms with Gasteiger partial charge in [-0.1, -0.05) is 5.16 Å². The molecule has 6 nitrogen and oxygen atoms in total. The lowest BCUT2D eigenvalue weighted by Crippen LogP contribution is -2.44. The molecule has 1 aliphatic rings. The lowest BCUT2D eigenvalue weighted by atomic mass is 10.1. The van der Waals surface area contributed by atoms with Gasteiger partial charge < -0.3 is 15.2 Å². The maximum Gasteiger partial charge on any atom is 0.240 e. The van der Waals surface area contributed by atoms with Crippen molar-refractivity contribution in [2.75, 3.05) is 27.2 Å². The largest absolute Gasteiger partial charge is 0.338 e. The monoisotopic (exact) mass is 267 g/mol. The molecule has 2 heterocycles. The Hall–Kier alpha value is -0.980. The zero-order valence-electron chi connectivity index (χ0n) is 12.4. The van der Waals surface area contributed by atoms with Crippen molar-refractivity contribution >= 4 is 0 Å².